The van der Waals surface area contributed by atoms with E-state index in [2.05, 4.69) is 10.2 Å². The molecule has 0 bridgehead atoms. The number of ether oxygens (including phenoxy) is 2. The van der Waals surface area contributed by atoms with Crippen molar-refractivity contribution in [3.05, 3.63) is 36.2 Å². The van der Waals surface area contributed by atoms with Crippen molar-refractivity contribution in [2.24, 2.45) is 0 Å². The summed E-state index contributed by atoms with van der Waals surface area (Å²) in [5, 5.41) is 2.92. The van der Waals surface area contributed by atoms with Gasteiger partial charge in [-0.25, -0.2) is 4.79 Å². The van der Waals surface area contributed by atoms with E-state index >= 15 is 0 Å². The molecule has 1 N–H and O–H groups in total. The summed E-state index contributed by atoms with van der Waals surface area (Å²) >= 11 is 0. The van der Waals surface area contributed by atoms with Crippen LogP contribution in [0.1, 0.15) is 16.9 Å². The summed E-state index contributed by atoms with van der Waals surface area (Å²) in [4.78, 5) is 26.7. The molecule has 1 saturated heterocycles. The number of carbonyl (C=O) groups is 2. The largest absolute Gasteiger partial charge is 0.464 e. The summed E-state index contributed by atoms with van der Waals surface area (Å²) in [7, 11) is 1.32. The van der Waals surface area contributed by atoms with E-state index in [1.807, 2.05) is 0 Å². The highest BCUT2D eigenvalue weighted by Crippen LogP contribution is 2.23. The number of morpholine rings is 1. The Labute approximate surface area is 158 Å². The molecular weight excluding hydrogens is 350 g/mol. The van der Waals surface area contributed by atoms with Gasteiger partial charge in [-0.3, -0.25) is 9.69 Å². The Kier molecular flexibility index (Phi) is 6.67. The maximum Gasteiger partial charge on any atom is 0.354 e. The van der Waals surface area contributed by atoms with Crippen molar-refractivity contribution in [1.82, 2.24) is 14.8 Å². The molecule has 146 valence electrons. The maximum absolute atomic E-state index is 12.4. The van der Waals surface area contributed by atoms with Gasteiger partial charge in [0.05, 0.1) is 32.3 Å². The summed E-state index contributed by atoms with van der Waals surface area (Å²) < 4.78 is 17.2. The number of nitrogens with zero attached hydrogens (tertiary/aromatic N) is 2. The minimum atomic E-state index is -0.493. The quantitative estimate of drug-likeness (QED) is 0.554. The molecule has 3 heterocycles. The van der Waals surface area contributed by atoms with Gasteiger partial charge in [0.2, 0.25) is 5.91 Å². The lowest BCUT2D eigenvalue weighted by molar-refractivity contribution is -0.121. The number of amides is 1. The molecule has 27 heavy (non-hydrogen) atoms. The van der Waals surface area contributed by atoms with E-state index in [9.17, 15) is 9.59 Å². The number of methoxy groups -OCH3 is 1. The third-order valence-electron chi connectivity index (χ3n) is 4.53. The monoisotopic (exact) mass is 375 g/mol. The fourth-order valence-corrected chi connectivity index (χ4v) is 3.11. The van der Waals surface area contributed by atoms with Crippen LogP contribution in [0, 0.1) is 0 Å². The van der Waals surface area contributed by atoms with Gasteiger partial charge >= 0.3 is 5.97 Å². The lowest BCUT2D eigenvalue weighted by Crippen LogP contribution is -2.38. The van der Waals surface area contributed by atoms with Crippen LogP contribution < -0.4 is 5.32 Å². The SMILES string of the molecule is COC(=O)c1ccc(-c2ccco2)n1CC(=O)NCCCN1CCOCC1. The Hall–Kier alpha value is -2.58. The molecule has 8 nitrogen and oxygen atoms in total. The van der Waals surface area contributed by atoms with Crippen LogP contribution in [-0.4, -0.2) is 67.8 Å². The molecular formula is C19H25N3O5. The number of esters is 1. The van der Waals surface area contributed by atoms with Crippen molar-refractivity contribution in [2.75, 3.05) is 46.5 Å². The van der Waals surface area contributed by atoms with Gasteiger partial charge in [-0.2, -0.15) is 0 Å². The molecule has 1 amide bonds. The number of hydrogen-bond donors (Lipinski definition) is 1. The van der Waals surface area contributed by atoms with E-state index in [1.54, 1.807) is 35.1 Å². The molecule has 0 atom stereocenters. The van der Waals surface area contributed by atoms with E-state index in [4.69, 9.17) is 13.9 Å². The molecule has 0 saturated carbocycles. The van der Waals surface area contributed by atoms with Gasteiger partial charge in [-0.15, -0.1) is 0 Å². The number of hydrogen-bond acceptors (Lipinski definition) is 6. The lowest BCUT2D eigenvalue weighted by atomic mass is 10.3. The number of aromatic nitrogens is 1. The molecule has 8 heteroatoms. The molecule has 2 aromatic heterocycles. The van der Waals surface area contributed by atoms with Crippen LogP contribution in [-0.2, 0) is 20.8 Å². The van der Waals surface area contributed by atoms with Crippen LogP contribution >= 0.6 is 0 Å². The Morgan fingerprint density at radius 2 is 2.04 bits per heavy atom. The standard InChI is InChI=1S/C19H25N3O5/c1-25-19(24)16-6-5-15(17-4-2-11-27-17)22(16)14-18(23)20-7-3-8-21-9-12-26-13-10-21/h2,4-6,11H,3,7-10,12-14H2,1H3,(H,20,23). The highest BCUT2D eigenvalue weighted by molar-refractivity contribution is 5.90. The molecule has 0 aliphatic carbocycles. The molecule has 0 spiro atoms. The van der Waals surface area contributed by atoms with Crippen LogP contribution in [0.3, 0.4) is 0 Å². The molecule has 1 aliphatic rings. The minimum absolute atomic E-state index is 0.0189. The third-order valence-corrected chi connectivity index (χ3v) is 4.53. The molecule has 3 rings (SSSR count). The second-order valence-corrected chi connectivity index (χ2v) is 6.32. The number of rotatable bonds is 8. The summed E-state index contributed by atoms with van der Waals surface area (Å²) in [6.07, 6.45) is 2.42. The zero-order chi connectivity index (χ0) is 19.1. The summed E-state index contributed by atoms with van der Waals surface area (Å²) in [6.45, 7) is 4.95. The molecule has 1 fully saturated rings. The Morgan fingerprint density at radius 3 is 2.74 bits per heavy atom. The first-order valence-electron chi connectivity index (χ1n) is 9.07. The lowest BCUT2D eigenvalue weighted by Gasteiger charge is -2.26. The zero-order valence-corrected chi connectivity index (χ0v) is 15.5. The average Bonchev–Trinajstić information content (AvgIpc) is 3.35. The van der Waals surface area contributed by atoms with Gasteiger partial charge < -0.3 is 23.8 Å². The van der Waals surface area contributed by atoms with Gasteiger partial charge in [0.15, 0.2) is 0 Å². The van der Waals surface area contributed by atoms with Crippen molar-refractivity contribution in [3.8, 4) is 11.5 Å². The van der Waals surface area contributed by atoms with Crippen LogP contribution in [0.2, 0.25) is 0 Å². The van der Waals surface area contributed by atoms with E-state index < -0.39 is 5.97 Å². The van der Waals surface area contributed by atoms with Crippen LogP contribution in [0.4, 0.5) is 0 Å². The Morgan fingerprint density at radius 1 is 1.22 bits per heavy atom. The summed E-state index contributed by atoms with van der Waals surface area (Å²) in [5.74, 6) is -0.0654. The van der Waals surface area contributed by atoms with Gasteiger partial charge in [-0.05, 0) is 37.2 Å². The minimum Gasteiger partial charge on any atom is -0.464 e. The van der Waals surface area contributed by atoms with Crippen LogP contribution in [0.25, 0.3) is 11.5 Å². The second-order valence-electron chi connectivity index (χ2n) is 6.32. The van der Waals surface area contributed by atoms with Crippen molar-refractivity contribution < 1.29 is 23.5 Å². The van der Waals surface area contributed by atoms with Crippen molar-refractivity contribution in [1.29, 1.82) is 0 Å². The first-order chi connectivity index (χ1) is 13.2. The first kappa shape index (κ1) is 19.2. The number of nitrogens with one attached hydrogen (secondary N) is 1. The van der Waals surface area contributed by atoms with Crippen LogP contribution in [0.15, 0.2) is 34.9 Å². The van der Waals surface area contributed by atoms with Gasteiger partial charge in [0.25, 0.3) is 0 Å². The topological polar surface area (TPSA) is 85.9 Å². The fourth-order valence-electron chi connectivity index (χ4n) is 3.11. The normalized spacial score (nSPS) is 14.9. The van der Waals surface area contributed by atoms with Gasteiger partial charge in [0, 0.05) is 19.6 Å². The average molecular weight is 375 g/mol. The maximum atomic E-state index is 12.4. The predicted octanol–water partition coefficient (Wildman–Crippen LogP) is 1.37. The highest BCUT2D eigenvalue weighted by Gasteiger charge is 2.20. The molecule has 0 aromatic carbocycles. The summed E-state index contributed by atoms with van der Waals surface area (Å²) in [6, 6.07) is 6.93. The van der Waals surface area contributed by atoms with Crippen molar-refractivity contribution >= 4 is 11.9 Å². The molecule has 1 aliphatic heterocycles. The number of furan rings is 1. The third kappa shape index (κ3) is 4.99. The predicted molar refractivity (Wildman–Crippen MR) is 98.4 cm³/mol. The molecule has 0 radical (unpaired) electrons. The van der Waals surface area contributed by atoms with E-state index in [1.165, 1.54) is 7.11 Å². The smallest absolute Gasteiger partial charge is 0.354 e. The first-order valence-corrected chi connectivity index (χ1v) is 9.07. The Balaban J connectivity index is 1.57. The number of carbonyl (C=O) groups excluding carboxylic acids is 2. The van der Waals surface area contributed by atoms with Crippen LogP contribution in [0.5, 0.6) is 0 Å². The zero-order valence-electron chi connectivity index (χ0n) is 15.5. The Bertz CT molecular complexity index is 747. The van der Waals surface area contributed by atoms with Crippen molar-refractivity contribution in [3.63, 3.8) is 0 Å². The van der Waals surface area contributed by atoms with E-state index in [0.717, 1.165) is 39.3 Å². The molecule has 0 unspecified atom stereocenters. The van der Waals surface area contributed by atoms with Gasteiger partial charge in [0.1, 0.15) is 18.0 Å². The molecule has 2 aromatic rings. The second kappa shape index (κ2) is 9.38. The van der Waals surface area contributed by atoms with E-state index in [-0.39, 0.29) is 12.5 Å². The highest BCUT2D eigenvalue weighted by atomic mass is 16.5. The fraction of sp³-hybridized carbons (Fsp3) is 0.474. The summed E-state index contributed by atoms with van der Waals surface area (Å²) in [5.41, 5.74) is 0.969. The van der Waals surface area contributed by atoms with Gasteiger partial charge in [-0.1, -0.05) is 0 Å². The van der Waals surface area contributed by atoms with Crippen molar-refractivity contribution in [2.45, 2.75) is 13.0 Å². The van der Waals surface area contributed by atoms with E-state index in [0.29, 0.717) is 23.7 Å².